The van der Waals surface area contributed by atoms with Crippen LogP contribution in [0.1, 0.15) is 15.9 Å². The van der Waals surface area contributed by atoms with Gasteiger partial charge in [-0.25, -0.2) is 4.98 Å². The van der Waals surface area contributed by atoms with Crippen LogP contribution in [0.4, 0.5) is 0 Å². The van der Waals surface area contributed by atoms with E-state index in [9.17, 15) is 4.79 Å². The second kappa shape index (κ2) is 8.48. The van der Waals surface area contributed by atoms with Crippen molar-refractivity contribution in [1.82, 2.24) is 10.3 Å². The van der Waals surface area contributed by atoms with E-state index in [1.165, 1.54) is 0 Å². The number of hydrogen-bond acceptors (Lipinski definition) is 4. The molecule has 1 aromatic heterocycles. The van der Waals surface area contributed by atoms with E-state index in [2.05, 4.69) is 26.2 Å². The van der Waals surface area contributed by atoms with E-state index in [4.69, 9.17) is 9.15 Å². The molecule has 5 rings (SSSR count). The molecule has 5 nitrogen and oxygen atoms in total. The van der Waals surface area contributed by atoms with Crippen LogP contribution in [-0.4, -0.2) is 18.0 Å². The second-order valence-corrected chi connectivity index (χ2v) is 8.15. The van der Waals surface area contributed by atoms with Gasteiger partial charge in [-0.3, -0.25) is 4.79 Å². The van der Waals surface area contributed by atoms with Gasteiger partial charge in [0.25, 0.3) is 5.91 Å². The van der Waals surface area contributed by atoms with Crippen LogP contribution >= 0.6 is 15.9 Å². The molecule has 0 spiro atoms. The number of carbonyl (C=O) groups is 1. The summed E-state index contributed by atoms with van der Waals surface area (Å²) in [6.07, 6.45) is 0. The minimum Gasteiger partial charge on any atom is -0.495 e. The lowest BCUT2D eigenvalue weighted by molar-refractivity contribution is 0.0948. The minimum atomic E-state index is -0.198. The summed E-state index contributed by atoms with van der Waals surface area (Å²) >= 11 is 3.58. The number of hydrogen-bond donors (Lipinski definition) is 1. The van der Waals surface area contributed by atoms with E-state index in [0.29, 0.717) is 23.7 Å². The number of aromatic nitrogens is 1. The van der Waals surface area contributed by atoms with Crippen LogP contribution in [0.15, 0.2) is 87.8 Å². The van der Waals surface area contributed by atoms with E-state index < -0.39 is 0 Å². The van der Waals surface area contributed by atoms with Crippen molar-refractivity contribution in [3.63, 3.8) is 0 Å². The lowest BCUT2D eigenvalue weighted by Crippen LogP contribution is -2.23. The number of carbonyl (C=O) groups excluding carboxylic acids is 1. The minimum absolute atomic E-state index is 0.198. The Labute approximate surface area is 193 Å². The molecule has 0 saturated carbocycles. The summed E-state index contributed by atoms with van der Waals surface area (Å²) in [4.78, 5) is 17.5. The molecule has 32 heavy (non-hydrogen) atoms. The van der Waals surface area contributed by atoms with Crippen molar-refractivity contribution in [3.8, 4) is 17.2 Å². The van der Waals surface area contributed by atoms with Crippen LogP contribution in [0.25, 0.3) is 33.3 Å². The van der Waals surface area contributed by atoms with Crippen LogP contribution < -0.4 is 10.1 Å². The Morgan fingerprint density at radius 1 is 1.03 bits per heavy atom. The maximum Gasteiger partial charge on any atom is 0.255 e. The molecule has 5 aromatic rings. The number of amides is 1. The van der Waals surface area contributed by atoms with Gasteiger partial charge in [-0.15, -0.1) is 0 Å². The SMILES string of the molecule is COc1c(C(=O)NCc2ccc(-c3nc4ccccc4o3)cc2)cc2ccccc2c1Br. The van der Waals surface area contributed by atoms with Crippen molar-refractivity contribution in [2.45, 2.75) is 6.54 Å². The molecular weight excluding hydrogens is 468 g/mol. The number of oxazole rings is 1. The van der Waals surface area contributed by atoms with Gasteiger partial charge in [0.2, 0.25) is 5.89 Å². The zero-order valence-corrected chi connectivity index (χ0v) is 18.8. The first-order valence-electron chi connectivity index (χ1n) is 10.1. The Morgan fingerprint density at radius 2 is 1.78 bits per heavy atom. The molecule has 0 unspecified atom stereocenters. The highest BCUT2D eigenvalue weighted by Gasteiger charge is 2.18. The summed E-state index contributed by atoms with van der Waals surface area (Å²) in [6.45, 7) is 0.389. The average molecular weight is 487 g/mol. The van der Waals surface area contributed by atoms with E-state index in [-0.39, 0.29) is 5.91 Å². The molecule has 6 heteroatoms. The maximum atomic E-state index is 12.9. The molecule has 0 radical (unpaired) electrons. The van der Waals surface area contributed by atoms with Gasteiger partial charge in [0.05, 0.1) is 17.1 Å². The Balaban J connectivity index is 1.34. The lowest BCUT2D eigenvalue weighted by Gasteiger charge is -2.13. The zero-order chi connectivity index (χ0) is 22.1. The lowest BCUT2D eigenvalue weighted by atomic mass is 10.0. The summed E-state index contributed by atoms with van der Waals surface area (Å²) in [5.41, 5.74) is 3.93. The Bertz CT molecular complexity index is 1410. The predicted molar refractivity (Wildman–Crippen MR) is 129 cm³/mol. The fourth-order valence-corrected chi connectivity index (χ4v) is 4.43. The summed E-state index contributed by atoms with van der Waals surface area (Å²) in [5, 5.41) is 4.95. The van der Waals surface area contributed by atoms with Crippen molar-refractivity contribution < 1.29 is 13.9 Å². The number of ether oxygens (including phenoxy) is 1. The van der Waals surface area contributed by atoms with E-state index in [0.717, 1.165) is 37.5 Å². The molecule has 158 valence electrons. The van der Waals surface area contributed by atoms with Gasteiger partial charge in [-0.05, 0) is 62.6 Å². The highest BCUT2D eigenvalue weighted by atomic mass is 79.9. The van der Waals surface area contributed by atoms with Crippen molar-refractivity contribution in [1.29, 1.82) is 0 Å². The van der Waals surface area contributed by atoms with Crippen LogP contribution in [0, 0.1) is 0 Å². The average Bonchev–Trinajstić information content (AvgIpc) is 3.27. The number of methoxy groups -OCH3 is 1. The Morgan fingerprint density at radius 3 is 2.56 bits per heavy atom. The summed E-state index contributed by atoms with van der Waals surface area (Å²) in [5.74, 6) is 0.899. The first kappa shape index (κ1) is 20.3. The van der Waals surface area contributed by atoms with Gasteiger partial charge in [-0.1, -0.05) is 48.5 Å². The van der Waals surface area contributed by atoms with Crippen LogP contribution in [0.3, 0.4) is 0 Å². The summed E-state index contributed by atoms with van der Waals surface area (Å²) < 4.78 is 12.1. The monoisotopic (exact) mass is 486 g/mol. The van der Waals surface area contributed by atoms with Crippen LogP contribution in [0.2, 0.25) is 0 Å². The van der Waals surface area contributed by atoms with Gasteiger partial charge in [-0.2, -0.15) is 0 Å². The number of benzene rings is 4. The van der Waals surface area contributed by atoms with E-state index in [1.54, 1.807) is 7.11 Å². The first-order valence-corrected chi connectivity index (χ1v) is 10.9. The number of fused-ring (bicyclic) bond motifs is 2. The molecule has 1 amide bonds. The third-order valence-corrected chi connectivity index (χ3v) is 6.12. The van der Waals surface area contributed by atoms with Gasteiger partial charge in [0.1, 0.15) is 11.3 Å². The topological polar surface area (TPSA) is 64.4 Å². The molecule has 0 aliphatic rings. The van der Waals surface area contributed by atoms with Gasteiger partial charge in [0, 0.05) is 12.1 Å². The zero-order valence-electron chi connectivity index (χ0n) is 17.3. The molecule has 0 saturated heterocycles. The van der Waals surface area contributed by atoms with E-state index in [1.807, 2.05) is 78.9 Å². The highest BCUT2D eigenvalue weighted by Crippen LogP contribution is 2.36. The van der Waals surface area contributed by atoms with Crippen molar-refractivity contribution >= 4 is 43.7 Å². The number of nitrogens with one attached hydrogen (secondary N) is 1. The van der Waals surface area contributed by atoms with Gasteiger partial charge >= 0.3 is 0 Å². The van der Waals surface area contributed by atoms with Gasteiger partial charge in [0.15, 0.2) is 5.58 Å². The molecule has 0 bridgehead atoms. The number of rotatable bonds is 5. The molecule has 4 aromatic carbocycles. The standard InChI is InChI=1S/C26H19BrN2O3/c1-31-24-20(14-18-6-2-3-7-19(18)23(24)27)25(30)28-15-16-10-12-17(13-11-16)26-29-21-8-4-5-9-22(21)32-26/h2-14H,15H2,1H3,(H,28,30). The molecule has 0 fully saturated rings. The Hall–Kier alpha value is -3.64. The van der Waals surface area contributed by atoms with Crippen LogP contribution in [-0.2, 0) is 6.54 Å². The fourth-order valence-electron chi connectivity index (χ4n) is 3.69. The van der Waals surface area contributed by atoms with Crippen LogP contribution in [0.5, 0.6) is 5.75 Å². The molecular formula is C26H19BrN2O3. The van der Waals surface area contributed by atoms with Gasteiger partial charge < -0.3 is 14.5 Å². The third kappa shape index (κ3) is 3.74. The van der Waals surface area contributed by atoms with Crippen molar-refractivity contribution in [2.24, 2.45) is 0 Å². The molecule has 0 aliphatic carbocycles. The fraction of sp³-hybridized carbons (Fsp3) is 0.0769. The number of para-hydroxylation sites is 2. The Kier molecular flexibility index (Phi) is 5.37. The normalized spacial score (nSPS) is 11.1. The third-order valence-electron chi connectivity index (χ3n) is 5.34. The molecule has 0 atom stereocenters. The summed E-state index contributed by atoms with van der Waals surface area (Å²) in [7, 11) is 1.57. The quantitative estimate of drug-likeness (QED) is 0.314. The van der Waals surface area contributed by atoms with Crippen molar-refractivity contribution in [3.05, 3.63) is 94.5 Å². The maximum absolute atomic E-state index is 12.9. The van der Waals surface area contributed by atoms with Crippen molar-refractivity contribution in [2.75, 3.05) is 7.11 Å². The highest BCUT2D eigenvalue weighted by molar-refractivity contribution is 9.10. The number of nitrogens with zero attached hydrogens (tertiary/aromatic N) is 1. The predicted octanol–water partition coefficient (Wildman–Crippen LogP) is 6.35. The van der Waals surface area contributed by atoms with E-state index >= 15 is 0 Å². The first-order chi connectivity index (χ1) is 15.6. The second-order valence-electron chi connectivity index (χ2n) is 7.36. The smallest absolute Gasteiger partial charge is 0.255 e. The largest absolute Gasteiger partial charge is 0.495 e. The molecule has 1 heterocycles. The molecule has 1 N–H and O–H groups in total. The summed E-state index contributed by atoms with van der Waals surface area (Å²) in [6, 6.07) is 25.2. The molecule has 0 aliphatic heterocycles. The number of halogens is 1.